The number of benzene rings is 2. The van der Waals surface area contributed by atoms with Crippen molar-refractivity contribution < 1.29 is 9.53 Å². The molecule has 0 saturated carbocycles. The van der Waals surface area contributed by atoms with Gasteiger partial charge in [0.1, 0.15) is 5.75 Å². The van der Waals surface area contributed by atoms with Gasteiger partial charge in [-0.1, -0.05) is 18.2 Å². The molecule has 4 aromatic rings. The van der Waals surface area contributed by atoms with Crippen molar-refractivity contribution >= 4 is 33.8 Å². The summed E-state index contributed by atoms with van der Waals surface area (Å²) in [7, 11) is 0. The summed E-state index contributed by atoms with van der Waals surface area (Å²) in [5.74, 6) is 0.452. The van der Waals surface area contributed by atoms with Crippen molar-refractivity contribution in [3.63, 3.8) is 0 Å². The van der Waals surface area contributed by atoms with E-state index in [9.17, 15) is 4.79 Å². The quantitative estimate of drug-likeness (QED) is 0.457. The van der Waals surface area contributed by atoms with Gasteiger partial charge in [-0.25, -0.2) is 4.98 Å². The van der Waals surface area contributed by atoms with Gasteiger partial charge in [0.25, 0.3) is 5.91 Å². The van der Waals surface area contributed by atoms with E-state index in [1.165, 1.54) is 11.3 Å². The summed E-state index contributed by atoms with van der Waals surface area (Å²) in [6.45, 7) is -0.0408. The molecule has 0 aliphatic heterocycles. The lowest BCUT2D eigenvalue weighted by Crippen LogP contribution is -2.20. The van der Waals surface area contributed by atoms with Crippen LogP contribution in [0.5, 0.6) is 5.75 Å². The first kappa shape index (κ1) is 18.6. The molecule has 2 aromatic carbocycles. The number of nitrogens with one attached hydrogen (secondary N) is 2. The van der Waals surface area contributed by atoms with E-state index in [0.29, 0.717) is 11.4 Å². The predicted octanol–water partition coefficient (Wildman–Crippen LogP) is 4.97. The van der Waals surface area contributed by atoms with Gasteiger partial charge in [-0.2, -0.15) is 0 Å². The minimum Gasteiger partial charge on any atom is -0.484 e. The van der Waals surface area contributed by atoms with Crippen molar-refractivity contribution in [3.8, 4) is 17.0 Å². The average Bonchev–Trinajstić information content (AvgIpc) is 3.24. The first-order valence-electron chi connectivity index (χ1n) is 8.97. The summed E-state index contributed by atoms with van der Waals surface area (Å²) in [6, 6.07) is 20.5. The number of hydrogen-bond donors (Lipinski definition) is 2. The summed E-state index contributed by atoms with van der Waals surface area (Å²) in [6.07, 6.45) is 3.50. The Bertz CT molecular complexity index is 1070. The van der Waals surface area contributed by atoms with Crippen LogP contribution in [0.15, 0.2) is 84.5 Å². The first-order chi connectivity index (χ1) is 14.3. The van der Waals surface area contributed by atoms with Gasteiger partial charge in [-0.3, -0.25) is 9.78 Å². The highest BCUT2D eigenvalue weighted by molar-refractivity contribution is 7.14. The third kappa shape index (κ3) is 5.18. The van der Waals surface area contributed by atoms with Gasteiger partial charge in [-0.05, 0) is 48.5 Å². The van der Waals surface area contributed by atoms with E-state index in [2.05, 4.69) is 20.6 Å². The summed E-state index contributed by atoms with van der Waals surface area (Å²) in [4.78, 5) is 20.7. The molecule has 2 aromatic heterocycles. The Labute approximate surface area is 172 Å². The average molecular weight is 402 g/mol. The SMILES string of the molecule is O=C(COc1ccccc1)Nc1ccc(Nc2nc(-c3ccncc3)cs2)cc1. The lowest BCUT2D eigenvalue weighted by atomic mass is 10.2. The number of aromatic nitrogens is 2. The van der Waals surface area contributed by atoms with Crippen LogP contribution in [0.2, 0.25) is 0 Å². The second-order valence-corrected chi connectivity index (χ2v) is 6.98. The molecule has 0 aliphatic carbocycles. The van der Waals surface area contributed by atoms with Crippen LogP contribution in [0.3, 0.4) is 0 Å². The normalized spacial score (nSPS) is 10.3. The summed E-state index contributed by atoms with van der Waals surface area (Å²) >= 11 is 1.53. The second kappa shape index (κ2) is 8.99. The van der Waals surface area contributed by atoms with E-state index in [1.54, 1.807) is 12.4 Å². The maximum atomic E-state index is 12.0. The molecule has 7 heteroatoms. The van der Waals surface area contributed by atoms with Gasteiger partial charge < -0.3 is 15.4 Å². The molecule has 4 rings (SSSR count). The number of anilines is 3. The Morgan fingerprint density at radius 1 is 0.931 bits per heavy atom. The fourth-order valence-electron chi connectivity index (χ4n) is 2.61. The smallest absolute Gasteiger partial charge is 0.262 e. The Balaban J connectivity index is 1.31. The van der Waals surface area contributed by atoms with E-state index < -0.39 is 0 Å². The molecule has 0 bridgehead atoms. The third-order valence-corrected chi connectivity index (χ3v) is 4.77. The number of carbonyl (C=O) groups is 1. The minimum absolute atomic E-state index is 0.0408. The zero-order valence-electron chi connectivity index (χ0n) is 15.4. The molecule has 0 aliphatic rings. The minimum atomic E-state index is -0.212. The number of carbonyl (C=O) groups excluding carboxylic acids is 1. The van der Waals surface area contributed by atoms with Crippen LogP contribution >= 0.6 is 11.3 Å². The summed E-state index contributed by atoms with van der Waals surface area (Å²) in [5, 5.41) is 8.89. The maximum Gasteiger partial charge on any atom is 0.262 e. The Morgan fingerprint density at radius 3 is 2.41 bits per heavy atom. The van der Waals surface area contributed by atoms with Crippen LogP contribution in [0.1, 0.15) is 0 Å². The highest BCUT2D eigenvalue weighted by atomic mass is 32.1. The standard InChI is InChI=1S/C22H18N4O2S/c27-21(14-28-19-4-2-1-3-5-19)24-17-6-8-18(9-7-17)25-22-26-20(15-29-22)16-10-12-23-13-11-16/h1-13,15H,14H2,(H,24,27)(H,25,26). The van der Waals surface area contributed by atoms with E-state index in [4.69, 9.17) is 4.74 Å². The van der Waals surface area contributed by atoms with Crippen LogP contribution in [-0.4, -0.2) is 22.5 Å². The summed E-state index contributed by atoms with van der Waals surface area (Å²) in [5.41, 5.74) is 3.52. The molecule has 144 valence electrons. The van der Waals surface area contributed by atoms with Crippen LogP contribution in [-0.2, 0) is 4.79 Å². The van der Waals surface area contributed by atoms with E-state index in [0.717, 1.165) is 22.1 Å². The largest absolute Gasteiger partial charge is 0.484 e. The fraction of sp³-hybridized carbons (Fsp3) is 0.0455. The number of nitrogens with zero attached hydrogens (tertiary/aromatic N) is 2. The molecule has 0 spiro atoms. The number of hydrogen-bond acceptors (Lipinski definition) is 6. The Morgan fingerprint density at radius 2 is 1.66 bits per heavy atom. The van der Waals surface area contributed by atoms with Crippen LogP contribution in [0.4, 0.5) is 16.5 Å². The van der Waals surface area contributed by atoms with Crippen molar-refractivity contribution in [1.82, 2.24) is 9.97 Å². The molecule has 29 heavy (non-hydrogen) atoms. The summed E-state index contributed by atoms with van der Waals surface area (Å²) < 4.78 is 5.45. The van der Waals surface area contributed by atoms with Gasteiger partial charge in [0.15, 0.2) is 11.7 Å². The highest BCUT2D eigenvalue weighted by Gasteiger charge is 2.06. The molecule has 0 atom stereocenters. The number of para-hydroxylation sites is 1. The Kier molecular flexibility index (Phi) is 5.78. The van der Waals surface area contributed by atoms with Gasteiger partial charge in [0, 0.05) is 34.7 Å². The lowest BCUT2D eigenvalue weighted by Gasteiger charge is -2.08. The number of thiazole rings is 1. The van der Waals surface area contributed by atoms with E-state index in [-0.39, 0.29) is 12.5 Å². The zero-order valence-corrected chi connectivity index (χ0v) is 16.2. The number of pyridine rings is 1. The fourth-order valence-corrected chi connectivity index (χ4v) is 3.35. The van der Waals surface area contributed by atoms with Gasteiger partial charge in [-0.15, -0.1) is 11.3 Å². The molecule has 0 fully saturated rings. The molecule has 2 N–H and O–H groups in total. The Hall–Kier alpha value is -3.71. The van der Waals surface area contributed by atoms with Crippen molar-refractivity contribution in [1.29, 1.82) is 0 Å². The molecule has 0 unspecified atom stereocenters. The molecular weight excluding hydrogens is 384 g/mol. The van der Waals surface area contributed by atoms with E-state index in [1.807, 2.05) is 72.1 Å². The van der Waals surface area contributed by atoms with Crippen LogP contribution in [0.25, 0.3) is 11.3 Å². The molecular formula is C22H18N4O2S. The zero-order chi connectivity index (χ0) is 19.9. The number of rotatable bonds is 7. The molecule has 6 nitrogen and oxygen atoms in total. The monoisotopic (exact) mass is 402 g/mol. The van der Waals surface area contributed by atoms with Crippen molar-refractivity contribution in [2.45, 2.75) is 0 Å². The highest BCUT2D eigenvalue weighted by Crippen LogP contribution is 2.27. The van der Waals surface area contributed by atoms with E-state index >= 15 is 0 Å². The number of ether oxygens (including phenoxy) is 1. The van der Waals surface area contributed by atoms with Crippen molar-refractivity contribution in [2.75, 3.05) is 17.2 Å². The molecule has 0 saturated heterocycles. The lowest BCUT2D eigenvalue weighted by molar-refractivity contribution is -0.118. The molecule has 1 amide bonds. The third-order valence-electron chi connectivity index (χ3n) is 4.01. The van der Waals surface area contributed by atoms with Crippen molar-refractivity contribution in [3.05, 3.63) is 84.5 Å². The van der Waals surface area contributed by atoms with Gasteiger partial charge >= 0.3 is 0 Å². The maximum absolute atomic E-state index is 12.0. The molecule has 2 heterocycles. The van der Waals surface area contributed by atoms with Crippen LogP contribution < -0.4 is 15.4 Å². The topological polar surface area (TPSA) is 76.1 Å². The van der Waals surface area contributed by atoms with Crippen LogP contribution in [0, 0.1) is 0 Å². The molecule has 0 radical (unpaired) electrons. The van der Waals surface area contributed by atoms with Gasteiger partial charge in [0.05, 0.1) is 5.69 Å². The first-order valence-corrected chi connectivity index (χ1v) is 9.85. The van der Waals surface area contributed by atoms with Gasteiger partial charge in [0.2, 0.25) is 0 Å². The second-order valence-electron chi connectivity index (χ2n) is 6.13. The number of amides is 1. The van der Waals surface area contributed by atoms with Crippen molar-refractivity contribution in [2.24, 2.45) is 0 Å². The predicted molar refractivity (Wildman–Crippen MR) is 116 cm³/mol.